The lowest BCUT2D eigenvalue weighted by molar-refractivity contribution is 0.670. The molecule has 1 aromatic heterocycles. The summed E-state index contributed by atoms with van der Waals surface area (Å²) in [6.45, 7) is 5.34. The zero-order chi connectivity index (χ0) is 11.4. The topological polar surface area (TPSA) is 75.0 Å². The first-order valence-electron chi connectivity index (χ1n) is 4.77. The van der Waals surface area contributed by atoms with E-state index in [4.69, 9.17) is 5.73 Å². The van der Waals surface area contributed by atoms with Gasteiger partial charge in [0.15, 0.2) is 0 Å². The molecule has 0 saturated heterocycles. The first-order chi connectivity index (χ1) is 7.07. The molecule has 0 bridgehead atoms. The first-order valence-corrected chi connectivity index (χ1v) is 5.85. The summed E-state index contributed by atoms with van der Waals surface area (Å²) in [7, 11) is 0. The highest BCUT2D eigenvalue weighted by atomic mass is 127. The van der Waals surface area contributed by atoms with Gasteiger partial charge >= 0.3 is 0 Å². The summed E-state index contributed by atoms with van der Waals surface area (Å²) in [5.74, 6) is 0.708. The van der Waals surface area contributed by atoms with Gasteiger partial charge in [-0.1, -0.05) is 0 Å². The minimum Gasteiger partial charge on any atom is -0.352 e. The molecule has 0 radical (unpaired) electrons. The minimum atomic E-state index is -0.108. The smallest absolute Gasteiger partial charge is 0.266 e. The van der Waals surface area contributed by atoms with Gasteiger partial charge < -0.3 is 15.6 Å². The molecule has 15 heavy (non-hydrogen) atoms. The number of nitrogens with one attached hydrogen (secondary N) is 1. The fraction of sp³-hybridized carbons (Fsp3) is 0.556. The molecule has 84 valence electrons. The molecule has 1 heterocycles. The third-order valence-corrected chi connectivity index (χ3v) is 3.02. The van der Waals surface area contributed by atoms with Gasteiger partial charge in [0, 0.05) is 19.1 Å². The van der Waals surface area contributed by atoms with Crippen LogP contribution in [0.3, 0.4) is 0 Å². The van der Waals surface area contributed by atoms with E-state index in [1.165, 1.54) is 6.33 Å². The summed E-state index contributed by atoms with van der Waals surface area (Å²) < 4.78 is 0.609. The van der Waals surface area contributed by atoms with Gasteiger partial charge in [-0.15, -0.1) is 0 Å². The van der Waals surface area contributed by atoms with Crippen molar-refractivity contribution in [2.45, 2.75) is 19.9 Å². The summed E-state index contributed by atoms with van der Waals surface area (Å²) in [4.78, 5) is 20.2. The second-order valence-corrected chi connectivity index (χ2v) is 4.52. The van der Waals surface area contributed by atoms with Gasteiger partial charge in [-0.25, -0.2) is 4.98 Å². The highest BCUT2D eigenvalue weighted by Gasteiger charge is 2.15. The van der Waals surface area contributed by atoms with E-state index >= 15 is 0 Å². The molecule has 0 aromatic carbocycles. The second-order valence-electron chi connectivity index (χ2n) is 3.45. The van der Waals surface area contributed by atoms with E-state index in [0.29, 0.717) is 22.5 Å². The van der Waals surface area contributed by atoms with Crippen LogP contribution < -0.4 is 16.2 Å². The normalized spacial score (nSPS) is 10.7. The molecule has 0 atom stereocenters. The van der Waals surface area contributed by atoms with Gasteiger partial charge in [-0.3, -0.25) is 4.79 Å². The third-order valence-electron chi connectivity index (χ3n) is 2.04. The fourth-order valence-electron chi connectivity index (χ4n) is 1.32. The van der Waals surface area contributed by atoms with Crippen molar-refractivity contribution in [3.8, 4) is 0 Å². The Morgan fingerprint density at radius 1 is 1.67 bits per heavy atom. The molecule has 3 N–H and O–H groups in total. The van der Waals surface area contributed by atoms with Crippen LogP contribution in [0.4, 0.5) is 5.82 Å². The SMILES string of the molecule is CC(C)N(CCN)c1nc[nH]c(=O)c1I. The Balaban J connectivity index is 3.11. The van der Waals surface area contributed by atoms with Crippen LogP contribution in [0, 0.1) is 3.57 Å². The summed E-state index contributed by atoms with van der Waals surface area (Å²) in [5, 5.41) is 0. The summed E-state index contributed by atoms with van der Waals surface area (Å²) in [5.41, 5.74) is 5.43. The molecular weight excluding hydrogens is 307 g/mol. The van der Waals surface area contributed by atoms with Crippen molar-refractivity contribution in [2.75, 3.05) is 18.0 Å². The molecule has 5 nitrogen and oxygen atoms in total. The molecule has 0 amide bonds. The number of aromatic nitrogens is 2. The van der Waals surface area contributed by atoms with Crippen LogP contribution in [0.5, 0.6) is 0 Å². The van der Waals surface area contributed by atoms with Crippen molar-refractivity contribution in [1.82, 2.24) is 9.97 Å². The first kappa shape index (κ1) is 12.4. The van der Waals surface area contributed by atoms with Crippen molar-refractivity contribution in [2.24, 2.45) is 5.73 Å². The molecule has 0 unspecified atom stereocenters. The summed E-state index contributed by atoms with van der Waals surface area (Å²) in [6, 6.07) is 0.274. The molecule has 0 fully saturated rings. The standard InChI is InChI=1S/C9H15IN4O/c1-6(2)14(4-3-11)8-7(10)9(15)13-5-12-8/h5-6H,3-4,11H2,1-2H3,(H,12,13,15). The molecule has 0 saturated carbocycles. The van der Waals surface area contributed by atoms with E-state index in [0.717, 1.165) is 0 Å². The zero-order valence-electron chi connectivity index (χ0n) is 8.83. The number of aromatic amines is 1. The predicted octanol–water partition coefficient (Wildman–Crippen LogP) is 0.548. The van der Waals surface area contributed by atoms with Crippen LogP contribution in [0.1, 0.15) is 13.8 Å². The Hall–Kier alpha value is -0.630. The Morgan fingerprint density at radius 2 is 2.33 bits per heavy atom. The average molecular weight is 322 g/mol. The molecule has 1 aromatic rings. The molecule has 0 aliphatic carbocycles. The van der Waals surface area contributed by atoms with E-state index in [9.17, 15) is 4.79 Å². The lowest BCUT2D eigenvalue weighted by atomic mass is 10.3. The number of hydrogen-bond donors (Lipinski definition) is 2. The molecule has 1 rings (SSSR count). The maximum Gasteiger partial charge on any atom is 0.266 e. The molecule has 0 spiro atoms. The van der Waals surface area contributed by atoms with Crippen molar-refractivity contribution >= 4 is 28.4 Å². The highest BCUT2D eigenvalue weighted by molar-refractivity contribution is 14.1. The van der Waals surface area contributed by atoms with Crippen molar-refractivity contribution in [3.05, 3.63) is 20.3 Å². The number of halogens is 1. The maximum absolute atomic E-state index is 11.4. The average Bonchev–Trinajstić information content (AvgIpc) is 2.19. The van der Waals surface area contributed by atoms with Crippen LogP contribution in [0.2, 0.25) is 0 Å². The lowest BCUT2D eigenvalue weighted by Crippen LogP contribution is -2.37. The number of H-pyrrole nitrogens is 1. The zero-order valence-corrected chi connectivity index (χ0v) is 11.0. The van der Waals surface area contributed by atoms with Crippen molar-refractivity contribution in [3.63, 3.8) is 0 Å². The maximum atomic E-state index is 11.4. The largest absolute Gasteiger partial charge is 0.352 e. The van der Waals surface area contributed by atoms with Gasteiger partial charge in [0.25, 0.3) is 5.56 Å². The lowest BCUT2D eigenvalue weighted by Gasteiger charge is -2.27. The molecule has 6 heteroatoms. The van der Waals surface area contributed by atoms with Crippen molar-refractivity contribution in [1.29, 1.82) is 0 Å². The van der Waals surface area contributed by atoms with Crippen LogP contribution in [0.15, 0.2) is 11.1 Å². The van der Waals surface area contributed by atoms with Crippen LogP contribution in [-0.4, -0.2) is 29.1 Å². The van der Waals surface area contributed by atoms with Gasteiger partial charge in [0.05, 0.1) is 6.33 Å². The quantitative estimate of drug-likeness (QED) is 0.794. The number of hydrogen-bond acceptors (Lipinski definition) is 4. The van der Waals surface area contributed by atoms with Gasteiger partial charge in [0.2, 0.25) is 0 Å². The number of rotatable bonds is 4. The Kier molecular flexibility index (Phi) is 4.52. The fourth-order valence-corrected chi connectivity index (χ4v) is 1.93. The van der Waals surface area contributed by atoms with Crippen LogP contribution in [0.25, 0.3) is 0 Å². The second kappa shape index (κ2) is 5.45. The van der Waals surface area contributed by atoms with Gasteiger partial charge in [-0.05, 0) is 36.4 Å². The van der Waals surface area contributed by atoms with Gasteiger partial charge in [0.1, 0.15) is 9.39 Å². The molecular formula is C9H15IN4O. The predicted molar refractivity (Wildman–Crippen MR) is 69.1 cm³/mol. The Bertz CT molecular complexity index is 377. The van der Waals surface area contributed by atoms with E-state index in [1.807, 2.05) is 27.5 Å². The van der Waals surface area contributed by atoms with Crippen LogP contribution in [-0.2, 0) is 0 Å². The van der Waals surface area contributed by atoms with Crippen molar-refractivity contribution < 1.29 is 0 Å². The minimum absolute atomic E-state index is 0.108. The highest BCUT2D eigenvalue weighted by Crippen LogP contribution is 2.17. The van der Waals surface area contributed by atoms with Gasteiger partial charge in [-0.2, -0.15) is 0 Å². The third kappa shape index (κ3) is 2.91. The number of nitrogens with zero attached hydrogens (tertiary/aromatic N) is 2. The van der Waals surface area contributed by atoms with E-state index < -0.39 is 0 Å². The van der Waals surface area contributed by atoms with E-state index in [-0.39, 0.29) is 11.6 Å². The summed E-state index contributed by atoms with van der Waals surface area (Å²) >= 11 is 2.00. The Morgan fingerprint density at radius 3 is 2.87 bits per heavy atom. The number of nitrogens with two attached hydrogens (primary N) is 1. The van der Waals surface area contributed by atoms with E-state index in [2.05, 4.69) is 23.8 Å². The Labute approximate surface area is 102 Å². The van der Waals surface area contributed by atoms with E-state index in [1.54, 1.807) is 0 Å². The monoisotopic (exact) mass is 322 g/mol. The molecule has 0 aliphatic rings. The molecule has 0 aliphatic heterocycles. The summed E-state index contributed by atoms with van der Waals surface area (Å²) in [6.07, 6.45) is 1.42. The van der Waals surface area contributed by atoms with Crippen LogP contribution >= 0.6 is 22.6 Å². The number of anilines is 1.